The van der Waals surface area contributed by atoms with Crippen molar-refractivity contribution in [3.63, 3.8) is 0 Å². The Morgan fingerprint density at radius 3 is 2.67 bits per heavy atom. The van der Waals surface area contributed by atoms with Crippen molar-refractivity contribution in [3.8, 4) is 6.07 Å². The number of benzene rings is 2. The number of hydrogen-bond donors (Lipinski definition) is 1. The Hall–Kier alpha value is -2.18. The van der Waals surface area contributed by atoms with Crippen LogP contribution in [0.3, 0.4) is 0 Å². The van der Waals surface area contributed by atoms with Crippen molar-refractivity contribution in [2.75, 3.05) is 10.6 Å². The monoisotopic (exact) mass is 297 g/mol. The van der Waals surface area contributed by atoms with Gasteiger partial charge in [-0.05, 0) is 48.7 Å². The van der Waals surface area contributed by atoms with E-state index in [1.54, 1.807) is 6.07 Å². The van der Waals surface area contributed by atoms with Gasteiger partial charge in [-0.2, -0.15) is 5.26 Å². The smallest absolute Gasteiger partial charge is 0.0992 e. The first kappa shape index (κ1) is 13.8. The van der Waals surface area contributed by atoms with E-state index in [2.05, 4.69) is 17.0 Å². The molecule has 0 atom stereocenters. The van der Waals surface area contributed by atoms with Crippen LogP contribution in [0, 0.1) is 11.3 Å². The highest BCUT2D eigenvalue weighted by Gasteiger charge is 2.30. The number of halogens is 1. The zero-order valence-electron chi connectivity index (χ0n) is 11.6. The number of rotatable bonds is 4. The molecule has 0 aliphatic heterocycles. The fourth-order valence-corrected chi connectivity index (χ4v) is 2.78. The number of nitriles is 1. The Morgan fingerprint density at radius 2 is 2.05 bits per heavy atom. The zero-order valence-corrected chi connectivity index (χ0v) is 12.3. The van der Waals surface area contributed by atoms with Crippen molar-refractivity contribution in [1.29, 1.82) is 5.26 Å². The average Bonchev–Trinajstić information content (AvgIpc) is 3.30. The summed E-state index contributed by atoms with van der Waals surface area (Å²) in [5.41, 5.74) is 9.37. The van der Waals surface area contributed by atoms with Crippen LogP contribution >= 0.6 is 11.6 Å². The van der Waals surface area contributed by atoms with E-state index in [0.29, 0.717) is 16.6 Å². The third kappa shape index (κ3) is 3.12. The third-order valence-corrected chi connectivity index (χ3v) is 3.98. The summed E-state index contributed by atoms with van der Waals surface area (Å²) in [5, 5.41) is 9.57. The van der Waals surface area contributed by atoms with Gasteiger partial charge in [0.1, 0.15) is 0 Å². The van der Waals surface area contributed by atoms with E-state index in [0.717, 1.165) is 17.9 Å². The van der Waals surface area contributed by atoms with Gasteiger partial charge < -0.3 is 10.6 Å². The second-order valence-electron chi connectivity index (χ2n) is 5.38. The number of nitrogens with two attached hydrogens (primary N) is 1. The number of hydrogen-bond acceptors (Lipinski definition) is 3. The number of anilines is 2. The molecule has 0 bridgehead atoms. The van der Waals surface area contributed by atoms with Gasteiger partial charge in [0.15, 0.2) is 0 Å². The van der Waals surface area contributed by atoms with Crippen LogP contribution in [-0.4, -0.2) is 6.04 Å². The van der Waals surface area contributed by atoms with Crippen LogP contribution in [0.15, 0.2) is 42.5 Å². The van der Waals surface area contributed by atoms with E-state index in [9.17, 15) is 0 Å². The Kier molecular flexibility index (Phi) is 3.72. The standard InChI is InChI=1S/C17H16ClN3/c18-16-9-12(10-19)4-7-17(16)21(15-5-6-15)11-13-2-1-3-14(20)8-13/h1-4,7-9,15H,5-6,11,20H2. The minimum atomic E-state index is 0.525. The first-order valence-electron chi connectivity index (χ1n) is 6.98. The molecule has 0 unspecified atom stereocenters. The molecule has 1 fully saturated rings. The summed E-state index contributed by atoms with van der Waals surface area (Å²) < 4.78 is 0. The Labute approximate surface area is 129 Å². The van der Waals surface area contributed by atoms with Crippen molar-refractivity contribution in [2.45, 2.75) is 25.4 Å². The van der Waals surface area contributed by atoms with Gasteiger partial charge in [-0.3, -0.25) is 0 Å². The Morgan fingerprint density at radius 1 is 1.24 bits per heavy atom. The first-order chi connectivity index (χ1) is 10.2. The highest BCUT2D eigenvalue weighted by molar-refractivity contribution is 6.33. The molecule has 21 heavy (non-hydrogen) atoms. The maximum atomic E-state index is 8.94. The first-order valence-corrected chi connectivity index (χ1v) is 7.36. The van der Waals surface area contributed by atoms with Gasteiger partial charge in [0.2, 0.25) is 0 Å². The summed E-state index contributed by atoms with van der Waals surface area (Å²) in [6.45, 7) is 0.779. The Balaban J connectivity index is 1.90. The van der Waals surface area contributed by atoms with Crippen LogP contribution < -0.4 is 10.6 Å². The highest BCUT2D eigenvalue weighted by atomic mass is 35.5. The molecular weight excluding hydrogens is 282 g/mol. The molecule has 4 heteroatoms. The van der Waals surface area contributed by atoms with E-state index in [4.69, 9.17) is 22.6 Å². The number of nitrogens with zero attached hydrogens (tertiary/aromatic N) is 2. The molecular formula is C17H16ClN3. The summed E-state index contributed by atoms with van der Waals surface area (Å²) in [7, 11) is 0. The van der Waals surface area contributed by atoms with Crippen LogP contribution in [0.4, 0.5) is 11.4 Å². The lowest BCUT2D eigenvalue weighted by molar-refractivity contribution is 0.795. The second-order valence-corrected chi connectivity index (χ2v) is 5.79. The third-order valence-electron chi connectivity index (χ3n) is 3.68. The number of nitrogen functional groups attached to an aromatic ring is 1. The van der Waals surface area contributed by atoms with Crippen molar-refractivity contribution >= 4 is 23.0 Å². The van der Waals surface area contributed by atoms with Gasteiger partial charge >= 0.3 is 0 Å². The molecule has 3 nitrogen and oxygen atoms in total. The lowest BCUT2D eigenvalue weighted by Gasteiger charge is -2.26. The summed E-state index contributed by atoms with van der Waals surface area (Å²) in [6.07, 6.45) is 2.36. The van der Waals surface area contributed by atoms with Crippen LogP contribution in [-0.2, 0) is 6.54 Å². The molecule has 2 N–H and O–H groups in total. The summed E-state index contributed by atoms with van der Waals surface area (Å²) in [5.74, 6) is 0. The van der Waals surface area contributed by atoms with Crippen LogP contribution in [0.2, 0.25) is 5.02 Å². The van der Waals surface area contributed by atoms with E-state index >= 15 is 0 Å². The van der Waals surface area contributed by atoms with Crippen molar-refractivity contribution in [3.05, 3.63) is 58.6 Å². The molecule has 0 heterocycles. The molecule has 0 spiro atoms. The van der Waals surface area contributed by atoms with Crippen molar-refractivity contribution < 1.29 is 0 Å². The maximum absolute atomic E-state index is 8.94. The minimum absolute atomic E-state index is 0.525. The quantitative estimate of drug-likeness (QED) is 0.869. The van der Waals surface area contributed by atoms with Gasteiger partial charge in [-0.25, -0.2) is 0 Å². The van der Waals surface area contributed by atoms with Gasteiger partial charge in [0.05, 0.1) is 22.3 Å². The fraction of sp³-hybridized carbons (Fsp3) is 0.235. The molecule has 1 aliphatic rings. The Bertz CT molecular complexity index is 701. The molecule has 2 aromatic carbocycles. The van der Waals surface area contributed by atoms with Crippen LogP contribution in [0.1, 0.15) is 24.0 Å². The highest BCUT2D eigenvalue weighted by Crippen LogP contribution is 2.37. The average molecular weight is 298 g/mol. The van der Waals surface area contributed by atoms with E-state index in [1.165, 1.54) is 18.4 Å². The predicted octanol–water partition coefficient (Wildman–Crippen LogP) is 3.96. The zero-order chi connectivity index (χ0) is 14.8. The molecule has 1 saturated carbocycles. The largest absolute Gasteiger partial charge is 0.399 e. The van der Waals surface area contributed by atoms with Crippen LogP contribution in [0.25, 0.3) is 0 Å². The fourth-order valence-electron chi connectivity index (χ4n) is 2.49. The van der Waals surface area contributed by atoms with E-state index in [-0.39, 0.29) is 0 Å². The van der Waals surface area contributed by atoms with Crippen LogP contribution in [0.5, 0.6) is 0 Å². The normalized spacial score (nSPS) is 13.7. The SMILES string of the molecule is N#Cc1ccc(N(Cc2cccc(N)c2)C2CC2)c(Cl)c1. The van der Waals surface area contributed by atoms with Gasteiger partial charge in [-0.15, -0.1) is 0 Å². The van der Waals surface area contributed by atoms with Crippen molar-refractivity contribution in [1.82, 2.24) is 0 Å². The lowest BCUT2D eigenvalue weighted by atomic mass is 10.1. The molecule has 0 saturated heterocycles. The van der Waals surface area contributed by atoms with E-state index in [1.807, 2.05) is 30.3 Å². The topological polar surface area (TPSA) is 53.0 Å². The molecule has 3 rings (SSSR count). The summed E-state index contributed by atoms with van der Waals surface area (Å²) >= 11 is 6.35. The molecule has 106 valence electrons. The van der Waals surface area contributed by atoms with Crippen molar-refractivity contribution in [2.24, 2.45) is 0 Å². The lowest BCUT2D eigenvalue weighted by Crippen LogP contribution is -2.25. The molecule has 0 aromatic heterocycles. The summed E-state index contributed by atoms with van der Waals surface area (Å²) in [4.78, 5) is 2.30. The molecule has 0 radical (unpaired) electrons. The summed E-state index contributed by atoms with van der Waals surface area (Å²) in [6, 6.07) is 16.0. The van der Waals surface area contributed by atoms with Gasteiger partial charge in [0.25, 0.3) is 0 Å². The second kappa shape index (κ2) is 5.67. The van der Waals surface area contributed by atoms with E-state index < -0.39 is 0 Å². The predicted molar refractivity (Wildman–Crippen MR) is 86.2 cm³/mol. The maximum Gasteiger partial charge on any atom is 0.0992 e. The molecule has 1 aliphatic carbocycles. The minimum Gasteiger partial charge on any atom is -0.399 e. The molecule has 0 amide bonds. The molecule has 2 aromatic rings. The van der Waals surface area contributed by atoms with Gasteiger partial charge in [0, 0.05) is 18.3 Å². The van der Waals surface area contributed by atoms with Gasteiger partial charge in [-0.1, -0.05) is 23.7 Å².